The highest BCUT2D eigenvalue weighted by molar-refractivity contribution is 7.99. The third-order valence-electron chi connectivity index (χ3n) is 1.78. The van der Waals surface area contributed by atoms with Crippen molar-refractivity contribution in [3.63, 3.8) is 0 Å². The first-order chi connectivity index (χ1) is 8.17. The molecule has 2 aromatic heterocycles. The van der Waals surface area contributed by atoms with E-state index >= 15 is 0 Å². The zero-order chi connectivity index (χ0) is 12.3. The van der Waals surface area contributed by atoms with Gasteiger partial charge in [0.2, 0.25) is 0 Å². The number of nitriles is 1. The van der Waals surface area contributed by atoms with Crippen molar-refractivity contribution in [2.45, 2.75) is 17.2 Å². The Morgan fingerprint density at radius 1 is 1.47 bits per heavy atom. The molecule has 0 bridgehead atoms. The molecule has 6 nitrogen and oxygen atoms in total. The average Bonchev–Trinajstić information content (AvgIpc) is 2.28. The minimum atomic E-state index is -0.240. The van der Waals surface area contributed by atoms with Crippen LogP contribution in [0, 0.1) is 18.3 Å². The molecule has 0 spiro atoms. The topological polar surface area (TPSA) is 95.3 Å². The molecule has 17 heavy (non-hydrogen) atoms. The molecule has 0 saturated carbocycles. The smallest absolute Gasteiger partial charge is 0.251 e. The molecule has 2 rings (SSSR count). The van der Waals surface area contributed by atoms with Gasteiger partial charge in [0.05, 0.1) is 0 Å². The Morgan fingerprint density at radius 3 is 3.00 bits per heavy atom. The average molecular weight is 245 g/mol. The molecule has 0 aromatic carbocycles. The first kappa shape index (κ1) is 11.3. The quantitative estimate of drug-likeness (QED) is 0.789. The number of H-pyrrole nitrogens is 1. The lowest BCUT2D eigenvalue weighted by Gasteiger charge is -2.00. The van der Waals surface area contributed by atoms with E-state index < -0.39 is 0 Å². The molecule has 2 aromatic rings. The van der Waals surface area contributed by atoms with Crippen LogP contribution in [0.25, 0.3) is 0 Å². The van der Waals surface area contributed by atoms with Crippen LogP contribution >= 0.6 is 11.8 Å². The van der Waals surface area contributed by atoms with Crippen molar-refractivity contribution in [2.24, 2.45) is 0 Å². The van der Waals surface area contributed by atoms with Crippen LogP contribution in [0.2, 0.25) is 0 Å². The predicted octanol–water partition coefficient (Wildman–Crippen LogP) is 0.891. The maximum absolute atomic E-state index is 11.1. The lowest BCUT2D eigenvalue weighted by molar-refractivity contribution is 0.891. The molecule has 0 aliphatic heterocycles. The minimum absolute atomic E-state index is 0.240. The molecule has 2 heterocycles. The van der Waals surface area contributed by atoms with E-state index in [9.17, 15) is 4.79 Å². The highest BCUT2D eigenvalue weighted by Crippen LogP contribution is 2.19. The van der Waals surface area contributed by atoms with Crippen molar-refractivity contribution in [3.8, 4) is 6.07 Å². The Hall–Kier alpha value is -2.20. The van der Waals surface area contributed by atoms with Gasteiger partial charge in [-0.15, -0.1) is 0 Å². The molecule has 0 fully saturated rings. The van der Waals surface area contributed by atoms with Gasteiger partial charge in [0, 0.05) is 18.0 Å². The maximum Gasteiger partial charge on any atom is 0.251 e. The van der Waals surface area contributed by atoms with Gasteiger partial charge in [-0.1, -0.05) is 0 Å². The number of rotatable bonds is 2. The second-order valence-electron chi connectivity index (χ2n) is 3.13. The van der Waals surface area contributed by atoms with Crippen LogP contribution in [0.1, 0.15) is 11.4 Å². The van der Waals surface area contributed by atoms with Crippen molar-refractivity contribution in [3.05, 3.63) is 40.1 Å². The summed E-state index contributed by atoms with van der Waals surface area (Å²) in [6.45, 7) is 1.77. The fourth-order valence-electron chi connectivity index (χ4n) is 1.13. The van der Waals surface area contributed by atoms with E-state index in [4.69, 9.17) is 5.26 Å². The van der Waals surface area contributed by atoms with E-state index in [-0.39, 0.29) is 5.56 Å². The summed E-state index contributed by atoms with van der Waals surface area (Å²) < 4.78 is 0. The maximum atomic E-state index is 11.1. The predicted molar refractivity (Wildman–Crippen MR) is 60.5 cm³/mol. The third kappa shape index (κ3) is 2.89. The van der Waals surface area contributed by atoms with Crippen molar-refractivity contribution in [1.82, 2.24) is 19.9 Å². The highest BCUT2D eigenvalue weighted by Gasteiger charge is 2.05. The highest BCUT2D eigenvalue weighted by atomic mass is 32.2. The normalized spacial score (nSPS) is 9.88. The van der Waals surface area contributed by atoms with Crippen LogP contribution in [-0.4, -0.2) is 19.9 Å². The Morgan fingerprint density at radius 2 is 2.29 bits per heavy atom. The van der Waals surface area contributed by atoms with Crippen LogP contribution in [0.3, 0.4) is 0 Å². The fraction of sp³-hybridized carbons (Fsp3) is 0.100. The summed E-state index contributed by atoms with van der Waals surface area (Å²) in [5.41, 5.74) is 0.742. The number of aromatic nitrogens is 4. The first-order valence-corrected chi connectivity index (χ1v) is 5.48. The fourth-order valence-corrected chi connectivity index (χ4v) is 1.91. The van der Waals surface area contributed by atoms with Crippen molar-refractivity contribution >= 4 is 11.8 Å². The van der Waals surface area contributed by atoms with Crippen LogP contribution < -0.4 is 5.56 Å². The van der Waals surface area contributed by atoms with Crippen LogP contribution in [0.4, 0.5) is 0 Å². The molecule has 0 radical (unpaired) electrons. The number of aromatic amines is 1. The van der Waals surface area contributed by atoms with Crippen LogP contribution in [0.5, 0.6) is 0 Å². The molecule has 0 atom stereocenters. The summed E-state index contributed by atoms with van der Waals surface area (Å²) in [5, 5.41) is 9.55. The second-order valence-corrected chi connectivity index (χ2v) is 4.09. The van der Waals surface area contributed by atoms with Gasteiger partial charge in [-0.25, -0.2) is 15.0 Å². The number of nitrogens with one attached hydrogen (secondary N) is 1. The summed E-state index contributed by atoms with van der Waals surface area (Å²) in [5.74, 6) is 0. The van der Waals surface area contributed by atoms with Gasteiger partial charge in [0.25, 0.3) is 5.56 Å². The van der Waals surface area contributed by atoms with E-state index in [1.54, 1.807) is 13.0 Å². The summed E-state index contributed by atoms with van der Waals surface area (Å²) in [6, 6.07) is 4.86. The molecule has 0 aliphatic carbocycles. The summed E-state index contributed by atoms with van der Waals surface area (Å²) in [7, 11) is 0. The lowest BCUT2D eigenvalue weighted by atomic mass is 10.4. The lowest BCUT2D eigenvalue weighted by Crippen LogP contribution is -2.05. The Labute approximate surface area is 101 Å². The molecular formula is C10H7N5OS. The molecule has 0 amide bonds. The van der Waals surface area contributed by atoms with Crippen molar-refractivity contribution in [2.75, 3.05) is 0 Å². The Bertz CT molecular complexity index is 646. The van der Waals surface area contributed by atoms with Gasteiger partial charge in [0.15, 0.2) is 10.3 Å². The van der Waals surface area contributed by atoms with Gasteiger partial charge in [-0.2, -0.15) is 5.26 Å². The van der Waals surface area contributed by atoms with Gasteiger partial charge in [-0.05, 0) is 24.8 Å². The molecular weight excluding hydrogens is 238 g/mol. The van der Waals surface area contributed by atoms with Gasteiger partial charge in [0.1, 0.15) is 11.8 Å². The third-order valence-corrected chi connectivity index (χ3v) is 2.55. The molecule has 0 saturated heterocycles. The standard InChI is InChI=1S/C10H7N5OS/c1-6-4-7(5-11)14-10(13-6)17-9-12-3-2-8(16)15-9/h2-4H,1H3,(H,12,15,16). The van der Waals surface area contributed by atoms with E-state index in [2.05, 4.69) is 19.9 Å². The number of aryl methyl sites for hydroxylation is 1. The number of hydrogen-bond donors (Lipinski definition) is 1. The minimum Gasteiger partial charge on any atom is -0.301 e. The van der Waals surface area contributed by atoms with E-state index in [0.717, 1.165) is 11.8 Å². The zero-order valence-corrected chi connectivity index (χ0v) is 9.65. The SMILES string of the molecule is Cc1cc(C#N)nc(Sc2nccc(=O)[nH]2)n1. The van der Waals surface area contributed by atoms with Gasteiger partial charge >= 0.3 is 0 Å². The van der Waals surface area contributed by atoms with Crippen LogP contribution in [-0.2, 0) is 0 Å². The number of hydrogen-bond acceptors (Lipinski definition) is 6. The van der Waals surface area contributed by atoms with Crippen molar-refractivity contribution < 1.29 is 0 Å². The van der Waals surface area contributed by atoms with E-state index in [1.807, 2.05) is 6.07 Å². The Kier molecular flexibility index (Phi) is 3.16. The summed E-state index contributed by atoms with van der Waals surface area (Å²) in [4.78, 5) is 25.7. The van der Waals surface area contributed by atoms with Gasteiger partial charge < -0.3 is 4.98 Å². The van der Waals surface area contributed by atoms with E-state index in [0.29, 0.717) is 21.7 Å². The molecule has 7 heteroatoms. The monoisotopic (exact) mass is 245 g/mol. The summed E-state index contributed by atoms with van der Waals surface area (Å²) in [6.07, 6.45) is 1.40. The molecule has 0 unspecified atom stereocenters. The van der Waals surface area contributed by atoms with Crippen molar-refractivity contribution in [1.29, 1.82) is 5.26 Å². The second kappa shape index (κ2) is 4.76. The molecule has 1 N–H and O–H groups in total. The number of nitrogens with zero attached hydrogens (tertiary/aromatic N) is 4. The zero-order valence-electron chi connectivity index (χ0n) is 8.84. The first-order valence-electron chi connectivity index (χ1n) is 4.66. The Balaban J connectivity index is 2.33. The molecule has 84 valence electrons. The van der Waals surface area contributed by atoms with Crippen LogP contribution in [0.15, 0.2) is 33.4 Å². The molecule has 0 aliphatic rings. The largest absolute Gasteiger partial charge is 0.301 e. The van der Waals surface area contributed by atoms with E-state index in [1.165, 1.54) is 12.3 Å². The summed E-state index contributed by atoms with van der Waals surface area (Å²) >= 11 is 1.11. The van der Waals surface area contributed by atoms with Gasteiger partial charge in [-0.3, -0.25) is 4.79 Å².